The van der Waals surface area contributed by atoms with E-state index in [1.807, 2.05) is 12.1 Å². The highest BCUT2D eigenvalue weighted by molar-refractivity contribution is 5.92. The standard InChI is InChI=1S/C12H12N4O/c13-12(17)10-4-1-9(2-5-10)3-6-11-15-7-14-8-16-11/h1-2,4-5,7-8H,3,6H2,(H2,13,17). The zero-order chi connectivity index (χ0) is 12.1. The number of carbonyl (C=O) groups excluding carboxylic acids is 1. The molecule has 2 aromatic rings. The van der Waals surface area contributed by atoms with E-state index in [2.05, 4.69) is 15.0 Å². The van der Waals surface area contributed by atoms with Gasteiger partial charge < -0.3 is 5.73 Å². The summed E-state index contributed by atoms with van der Waals surface area (Å²) in [6.07, 6.45) is 4.54. The largest absolute Gasteiger partial charge is 0.366 e. The van der Waals surface area contributed by atoms with E-state index >= 15 is 0 Å². The molecular weight excluding hydrogens is 216 g/mol. The number of primary amides is 1. The Bertz CT molecular complexity index is 496. The fourth-order valence-corrected chi connectivity index (χ4v) is 1.48. The first kappa shape index (κ1) is 11.2. The number of carbonyl (C=O) groups is 1. The molecule has 0 aliphatic rings. The molecule has 0 atom stereocenters. The van der Waals surface area contributed by atoms with Crippen molar-refractivity contribution in [3.63, 3.8) is 0 Å². The van der Waals surface area contributed by atoms with Crippen molar-refractivity contribution in [2.75, 3.05) is 0 Å². The molecule has 0 bridgehead atoms. The summed E-state index contributed by atoms with van der Waals surface area (Å²) in [5.74, 6) is 0.355. The fourth-order valence-electron chi connectivity index (χ4n) is 1.48. The number of benzene rings is 1. The van der Waals surface area contributed by atoms with Gasteiger partial charge in [0.25, 0.3) is 0 Å². The summed E-state index contributed by atoms with van der Waals surface area (Å²) in [5.41, 5.74) is 6.81. The van der Waals surface area contributed by atoms with Crippen LogP contribution in [-0.2, 0) is 12.8 Å². The van der Waals surface area contributed by atoms with E-state index in [1.165, 1.54) is 12.7 Å². The lowest BCUT2D eigenvalue weighted by atomic mass is 10.1. The molecule has 0 fully saturated rings. The van der Waals surface area contributed by atoms with Gasteiger partial charge in [-0.2, -0.15) is 0 Å². The first-order chi connectivity index (χ1) is 8.25. The maximum atomic E-state index is 10.9. The minimum Gasteiger partial charge on any atom is -0.366 e. The van der Waals surface area contributed by atoms with Crippen molar-refractivity contribution in [1.29, 1.82) is 0 Å². The van der Waals surface area contributed by atoms with Gasteiger partial charge in [-0.25, -0.2) is 15.0 Å². The Morgan fingerprint density at radius 2 is 1.71 bits per heavy atom. The lowest BCUT2D eigenvalue weighted by Gasteiger charge is -2.01. The lowest BCUT2D eigenvalue weighted by Crippen LogP contribution is -2.10. The van der Waals surface area contributed by atoms with Crippen molar-refractivity contribution in [2.45, 2.75) is 12.8 Å². The zero-order valence-electron chi connectivity index (χ0n) is 9.21. The van der Waals surface area contributed by atoms with E-state index < -0.39 is 5.91 Å². The van der Waals surface area contributed by atoms with Gasteiger partial charge in [-0.05, 0) is 24.1 Å². The minimum atomic E-state index is -0.408. The van der Waals surface area contributed by atoms with Crippen LogP contribution in [0.4, 0.5) is 0 Å². The Labute approximate surface area is 98.7 Å². The van der Waals surface area contributed by atoms with Crippen LogP contribution in [0.15, 0.2) is 36.9 Å². The number of nitrogens with two attached hydrogens (primary N) is 1. The normalized spacial score (nSPS) is 10.1. The first-order valence-electron chi connectivity index (χ1n) is 5.25. The van der Waals surface area contributed by atoms with Crippen molar-refractivity contribution in [2.24, 2.45) is 5.73 Å². The summed E-state index contributed by atoms with van der Waals surface area (Å²) in [5, 5.41) is 0. The summed E-state index contributed by atoms with van der Waals surface area (Å²) in [6.45, 7) is 0. The molecule has 0 saturated heterocycles. The van der Waals surface area contributed by atoms with Gasteiger partial charge in [0.05, 0.1) is 0 Å². The topological polar surface area (TPSA) is 81.8 Å². The monoisotopic (exact) mass is 228 g/mol. The van der Waals surface area contributed by atoms with Crippen molar-refractivity contribution >= 4 is 5.91 Å². The molecule has 1 aromatic carbocycles. The maximum Gasteiger partial charge on any atom is 0.248 e. The van der Waals surface area contributed by atoms with Crippen LogP contribution >= 0.6 is 0 Å². The van der Waals surface area contributed by atoms with Gasteiger partial charge in [0.1, 0.15) is 18.5 Å². The molecule has 1 aromatic heterocycles. The number of aryl methyl sites for hydroxylation is 2. The molecule has 1 heterocycles. The Kier molecular flexibility index (Phi) is 3.40. The SMILES string of the molecule is NC(=O)c1ccc(CCc2ncncn2)cc1. The Morgan fingerprint density at radius 3 is 2.29 bits per heavy atom. The van der Waals surface area contributed by atoms with Crippen molar-refractivity contribution in [3.8, 4) is 0 Å². The van der Waals surface area contributed by atoms with Crippen LogP contribution in [0, 0.1) is 0 Å². The molecule has 0 radical (unpaired) electrons. The molecule has 0 saturated carbocycles. The van der Waals surface area contributed by atoms with Crippen molar-refractivity contribution in [3.05, 3.63) is 53.9 Å². The minimum absolute atomic E-state index is 0.408. The van der Waals surface area contributed by atoms with Gasteiger partial charge in [-0.3, -0.25) is 4.79 Å². The Balaban J connectivity index is 1.98. The molecule has 2 rings (SSSR count). The van der Waals surface area contributed by atoms with Crippen LogP contribution in [-0.4, -0.2) is 20.9 Å². The second-order valence-corrected chi connectivity index (χ2v) is 3.62. The van der Waals surface area contributed by atoms with Gasteiger partial charge in [-0.15, -0.1) is 0 Å². The number of amides is 1. The highest BCUT2D eigenvalue weighted by Gasteiger charge is 2.01. The average Bonchev–Trinajstić information content (AvgIpc) is 2.38. The van der Waals surface area contributed by atoms with Crippen LogP contribution in [0.5, 0.6) is 0 Å². The molecule has 0 unspecified atom stereocenters. The molecule has 86 valence electrons. The van der Waals surface area contributed by atoms with Crippen LogP contribution in [0.25, 0.3) is 0 Å². The second kappa shape index (κ2) is 5.16. The molecule has 5 heteroatoms. The highest BCUT2D eigenvalue weighted by atomic mass is 16.1. The second-order valence-electron chi connectivity index (χ2n) is 3.62. The zero-order valence-corrected chi connectivity index (χ0v) is 9.21. The van der Waals surface area contributed by atoms with Gasteiger partial charge in [0.2, 0.25) is 5.91 Å². The highest BCUT2D eigenvalue weighted by Crippen LogP contribution is 2.06. The van der Waals surface area contributed by atoms with Crippen LogP contribution in [0.3, 0.4) is 0 Å². The van der Waals surface area contributed by atoms with E-state index in [0.717, 1.165) is 24.2 Å². The molecule has 0 aliphatic heterocycles. The molecular formula is C12H12N4O. The predicted octanol–water partition coefficient (Wildman–Crippen LogP) is 0.756. The number of aromatic nitrogens is 3. The third-order valence-electron chi connectivity index (χ3n) is 2.42. The van der Waals surface area contributed by atoms with Crippen molar-refractivity contribution < 1.29 is 4.79 Å². The van der Waals surface area contributed by atoms with E-state index in [4.69, 9.17) is 5.73 Å². The molecule has 17 heavy (non-hydrogen) atoms. The Morgan fingerprint density at radius 1 is 1.06 bits per heavy atom. The smallest absolute Gasteiger partial charge is 0.248 e. The summed E-state index contributed by atoms with van der Waals surface area (Å²) >= 11 is 0. The summed E-state index contributed by atoms with van der Waals surface area (Å²) < 4.78 is 0. The molecule has 0 spiro atoms. The van der Waals surface area contributed by atoms with Crippen LogP contribution in [0.1, 0.15) is 21.7 Å². The Hall–Kier alpha value is -2.30. The van der Waals surface area contributed by atoms with E-state index in [0.29, 0.717) is 5.56 Å². The molecule has 0 aliphatic carbocycles. The van der Waals surface area contributed by atoms with Crippen LogP contribution < -0.4 is 5.73 Å². The summed E-state index contributed by atoms with van der Waals surface area (Å²) in [7, 11) is 0. The van der Waals surface area contributed by atoms with E-state index in [-0.39, 0.29) is 0 Å². The third-order valence-corrected chi connectivity index (χ3v) is 2.42. The average molecular weight is 228 g/mol. The fraction of sp³-hybridized carbons (Fsp3) is 0.167. The molecule has 1 amide bonds. The number of rotatable bonds is 4. The predicted molar refractivity (Wildman–Crippen MR) is 62.2 cm³/mol. The number of hydrogen-bond acceptors (Lipinski definition) is 4. The van der Waals surface area contributed by atoms with Gasteiger partial charge in [0, 0.05) is 12.0 Å². The van der Waals surface area contributed by atoms with Gasteiger partial charge >= 0.3 is 0 Å². The van der Waals surface area contributed by atoms with Crippen molar-refractivity contribution in [1.82, 2.24) is 15.0 Å². The van der Waals surface area contributed by atoms with Gasteiger partial charge in [0.15, 0.2) is 0 Å². The quantitative estimate of drug-likeness (QED) is 0.837. The maximum absolute atomic E-state index is 10.9. The number of hydrogen-bond donors (Lipinski definition) is 1. The summed E-state index contributed by atoms with van der Waals surface area (Å²) in [6, 6.07) is 7.23. The molecule has 2 N–H and O–H groups in total. The number of nitrogens with zero attached hydrogens (tertiary/aromatic N) is 3. The molecule has 5 nitrogen and oxygen atoms in total. The van der Waals surface area contributed by atoms with E-state index in [9.17, 15) is 4.79 Å². The third kappa shape index (κ3) is 3.07. The van der Waals surface area contributed by atoms with Crippen LogP contribution in [0.2, 0.25) is 0 Å². The first-order valence-corrected chi connectivity index (χ1v) is 5.25. The summed E-state index contributed by atoms with van der Waals surface area (Å²) in [4.78, 5) is 22.7. The van der Waals surface area contributed by atoms with Gasteiger partial charge in [-0.1, -0.05) is 12.1 Å². The van der Waals surface area contributed by atoms with E-state index in [1.54, 1.807) is 12.1 Å². The lowest BCUT2D eigenvalue weighted by molar-refractivity contribution is 0.100.